The van der Waals surface area contributed by atoms with Crippen molar-refractivity contribution in [1.82, 2.24) is 4.90 Å². The Balaban J connectivity index is 1.74. The Morgan fingerprint density at radius 2 is 1.89 bits per heavy atom. The van der Waals surface area contributed by atoms with E-state index in [2.05, 4.69) is 0 Å². The number of hydrogen-bond donors (Lipinski definition) is 0. The van der Waals surface area contributed by atoms with E-state index in [9.17, 15) is 14.0 Å². The molecule has 2 rings (SSSR count). The van der Waals surface area contributed by atoms with Gasteiger partial charge in [-0.3, -0.25) is 9.59 Å². The van der Waals surface area contributed by atoms with E-state index in [0.717, 1.165) is 5.56 Å². The fraction of sp³-hybridized carbons (Fsp3) is 0.333. The van der Waals surface area contributed by atoms with Crippen LogP contribution in [0.25, 0.3) is 0 Å². The van der Waals surface area contributed by atoms with E-state index in [4.69, 9.17) is 9.47 Å². The predicted octanol–water partition coefficient (Wildman–Crippen LogP) is 3.49. The molecule has 0 aliphatic rings. The molecule has 5 nitrogen and oxygen atoms in total. The van der Waals surface area contributed by atoms with E-state index in [1.165, 1.54) is 17.0 Å². The Labute approximate surface area is 158 Å². The molecule has 0 unspecified atom stereocenters. The third-order valence-corrected chi connectivity index (χ3v) is 4.01. The van der Waals surface area contributed by atoms with Crippen molar-refractivity contribution in [2.45, 2.75) is 26.8 Å². The lowest BCUT2D eigenvalue weighted by Crippen LogP contribution is -2.34. The topological polar surface area (TPSA) is 55.8 Å². The SMILES string of the molecule is CCN(Cc1cccc(F)c1)C(=O)COC(=O)CCOc1ccccc1C. The maximum atomic E-state index is 13.3. The van der Waals surface area contributed by atoms with Gasteiger partial charge in [-0.25, -0.2) is 4.39 Å². The number of likely N-dealkylation sites (N-methyl/N-ethyl adjacent to an activating group) is 1. The van der Waals surface area contributed by atoms with Crippen molar-refractivity contribution in [3.8, 4) is 5.75 Å². The van der Waals surface area contributed by atoms with Gasteiger partial charge in [0.05, 0.1) is 13.0 Å². The van der Waals surface area contributed by atoms with Gasteiger partial charge in [0, 0.05) is 13.1 Å². The molecular formula is C21H24FNO4. The zero-order valence-electron chi connectivity index (χ0n) is 15.6. The number of carbonyl (C=O) groups is 2. The fourth-order valence-electron chi connectivity index (χ4n) is 2.50. The van der Waals surface area contributed by atoms with Crippen LogP contribution in [0.3, 0.4) is 0 Å². The number of amides is 1. The summed E-state index contributed by atoms with van der Waals surface area (Å²) in [5.74, 6) is -0.460. The summed E-state index contributed by atoms with van der Waals surface area (Å²) in [6.45, 7) is 4.27. The second-order valence-corrected chi connectivity index (χ2v) is 6.06. The van der Waals surface area contributed by atoms with Crippen LogP contribution in [0.15, 0.2) is 48.5 Å². The minimum atomic E-state index is -0.501. The van der Waals surface area contributed by atoms with Crippen LogP contribution < -0.4 is 4.74 Å². The van der Waals surface area contributed by atoms with Gasteiger partial charge in [-0.15, -0.1) is 0 Å². The van der Waals surface area contributed by atoms with Crippen molar-refractivity contribution in [3.05, 3.63) is 65.5 Å². The maximum absolute atomic E-state index is 13.3. The maximum Gasteiger partial charge on any atom is 0.309 e. The van der Waals surface area contributed by atoms with E-state index >= 15 is 0 Å². The van der Waals surface area contributed by atoms with Crippen molar-refractivity contribution in [2.24, 2.45) is 0 Å². The molecule has 2 aromatic rings. The van der Waals surface area contributed by atoms with Crippen LogP contribution >= 0.6 is 0 Å². The minimum Gasteiger partial charge on any atom is -0.493 e. The molecule has 0 bridgehead atoms. The van der Waals surface area contributed by atoms with Gasteiger partial charge in [0.1, 0.15) is 11.6 Å². The average Bonchev–Trinajstić information content (AvgIpc) is 2.66. The smallest absolute Gasteiger partial charge is 0.309 e. The van der Waals surface area contributed by atoms with Gasteiger partial charge in [0.15, 0.2) is 6.61 Å². The number of ether oxygens (including phenoxy) is 2. The van der Waals surface area contributed by atoms with Crippen LogP contribution in [0.2, 0.25) is 0 Å². The van der Waals surface area contributed by atoms with Crippen LogP contribution in [0.1, 0.15) is 24.5 Å². The molecule has 0 aliphatic heterocycles. The summed E-state index contributed by atoms with van der Waals surface area (Å²) in [5, 5.41) is 0. The number of aryl methyl sites for hydroxylation is 1. The zero-order chi connectivity index (χ0) is 19.6. The molecular weight excluding hydrogens is 349 g/mol. The number of carbonyl (C=O) groups excluding carboxylic acids is 2. The van der Waals surface area contributed by atoms with Crippen molar-refractivity contribution < 1.29 is 23.5 Å². The van der Waals surface area contributed by atoms with Gasteiger partial charge in [-0.2, -0.15) is 0 Å². The highest BCUT2D eigenvalue weighted by Gasteiger charge is 2.15. The van der Waals surface area contributed by atoms with Crippen molar-refractivity contribution in [1.29, 1.82) is 0 Å². The van der Waals surface area contributed by atoms with Crippen molar-refractivity contribution in [2.75, 3.05) is 19.8 Å². The highest BCUT2D eigenvalue weighted by atomic mass is 19.1. The first kappa shape index (κ1) is 20.4. The van der Waals surface area contributed by atoms with Crippen molar-refractivity contribution in [3.63, 3.8) is 0 Å². The van der Waals surface area contributed by atoms with Gasteiger partial charge >= 0.3 is 5.97 Å². The molecule has 0 spiro atoms. The molecule has 0 saturated heterocycles. The van der Waals surface area contributed by atoms with E-state index < -0.39 is 5.97 Å². The Hall–Kier alpha value is -2.89. The predicted molar refractivity (Wildman–Crippen MR) is 99.7 cm³/mol. The first-order valence-corrected chi connectivity index (χ1v) is 8.86. The van der Waals surface area contributed by atoms with Gasteiger partial charge in [0.25, 0.3) is 5.91 Å². The summed E-state index contributed by atoms with van der Waals surface area (Å²) in [4.78, 5) is 25.6. The molecule has 1 amide bonds. The highest BCUT2D eigenvalue weighted by Crippen LogP contribution is 2.16. The molecule has 0 saturated carbocycles. The second kappa shape index (κ2) is 10.3. The van der Waals surface area contributed by atoms with Crippen molar-refractivity contribution >= 4 is 11.9 Å². The van der Waals surface area contributed by atoms with E-state index in [1.54, 1.807) is 12.1 Å². The summed E-state index contributed by atoms with van der Waals surface area (Å²) >= 11 is 0. The minimum absolute atomic E-state index is 0.0532. The number of rotatable bonds is 9. The third kappa shape index (κ3) is 6.73. The van der Waals surface area contributed by atoms with Crippen LogP contribution in [0.4, 0.5) is 4.39 Å². The Morgan fingerprint density at radius 1 is 1.11 bits per heavy atom. The first-order valence-electron chi connectivity index (χ1n) is 8.86. The van der Waals surface area contributed by atoms with Gasteiger partial charge < -0.3 is 14.4 Å². The van der Waals surface area contributed by atoms with Gasteiger partial charge in [-0.05, 0) is 43.2 Å². The van der Waals surface area contributed by atoms with Gasteiger partial charge in [-0.1, -0.05) is 30.3 Å². The van der Waals surface area contributed by atoms with E-state index in [-0.39, 0.29) is 37.9 Å². The molecule has 6 heteroatoms. The summed E-state index contributed by atoms with van der Waals surface area (Å²) in [7, 11) is 0. The molecule has 0 atom stereocenters. The third-order valence-electron chi connectivity index (χ3n) is 4.01. The number of hydrogen-bond acceptors (Lipinski definition) is 4. The van der Waals surface area contributed by atoms with Crippen LogP contribution in [-0.4, -0.2) is 36.5 Å². The normalized spacial score (nSPS) is 10.3. The van der Waals surface area contributed by atoms with E-state index in [0.29, 0.717) is 17.9 Å². The van der Waals surface area contributed by atoms with E-state index in [1.807, 2.05) is 38.1 Å². The molecule has 2 aromatic carbocycles. The van der Waals surface area contributed by atoms with Crippen LogP contribution in [0.5, 0.6) is 5.75 Å². The molecule has 0 heterocycles. The lowest BCUT2D eigenvalue weighted by Gasteiger charge is -2.21. The molecule has 0 fully saturated rings. The molecule has 27 heavy (non-hydrogen) atoms. The zero-order valence-corrected chi connectivity index (χ0v) is 15.6. The van der Waals surface area contributed by atoms with Crippen LogP contribution in [0, 0.1) is 12.7 Å². The first-order chi connectivity index (χ1) is 13.0. The lowest BCUT2D eigenvalue weighted by atomic mass is 10.2. The number of esters is 1. The number of halogens is 1. The summed E-state index contributed by atoms with van der Waals surface area (Å²) < 4.78 is 23.8. The monoisotopic (exact) mass is 373 g/mol. The fourth-order valence-corrected chi connectivity index (χ4v) is 2.50. The Morgan fingerprint density at radius 3 is 2.59 bits per heavy atom. The summed E-state index contributed by atoms with van der Waals surface area (Å²) in [6, 6.07) is 13.6. The Bertz CT molecular complexity index is 778. The molecule has 144 valence electrons. The van der Waals surface area contributed by atoms with Crippen LogP contribution in [-0.2, 0) is 20.9 Å². The largest absolute Gasteiger partial charge is 0.493 e. The Kier molecular flexibility index (Phi) is 7.79. The molecule has 0 aromatic heterocycles. The quantitative estimate of drug-likeness (QED) is 0.632. The van der Waals surface area contributed by atoms with Gasteiger partial charge in [0.2, 0.25) is 0 Å². The standard InChI is InChI=1S/C21H24FNO4/c1-3-23(14-17-8-6-9-18(22)13-17)20(24)15-27-21(25)11-12-26-19-10-5-4-7-16(19)2/h4-10,13H,3,11-12,14-15H2,1-2H3. The number of benzene rings is 2. The molecule has 0 radical (unpaired) electrons. The summed E-state index contributed by atoms with van der Waals surface area (Å²) in [6.07, 6.45) is 0.0532. The number of nitrogens with zero attached hydrogens (tertiary/aromatic N) is 1. The average molecular weight is 373 g/mol. The summed E-state index contributed by atoms with van der Waals surface area (Å²) in [5.41, 5.74) is 1.67. The molecule has 0 aliphatic carbocycles. The second-order valence-electron chi connectivity index (χ2n) is 6.06. The number of para-hydroxylation sites is 1. The lowest BCUT2D eigenvalue weighted by molar-refractivity contribution is -0.152. The molecule has 0 N–H and O–H groups in total. The highest BCUT2D eigenvalue weighted by molar-refractivity contribution is 5.80.